The van der Waals surface area contributed by atoms with Gasteiger partial charge < -0.3 is 14.6 Å². The van der Waals surface area contributed by atoms with Crippen LogP contribution in [0.1, 0.15) is 5.56 Å². The number of aromatic nitrogens is 2. The van der Waals surface area contributed by atoms with Gasteiger partial charge in [-0.15, -0.1) is 0 Å². The van der Waals surface area contributed by atoms with Crippen LogP contribution in [0.5, 0.6) is 10.9 Å². The molecule has 0 bridgehead atoms. The van der Waals surface area contributed by atoms with Crippen molar-refractivity contribution in [3.63, 3.8) is 0 Å². The number of aliphatic hydroxyl groups excluding tert-OH is 1. The standard InChI is InChI=1S/C18H19N3O3S/c22-12-15-11-21(8-9-23-15)10-13-3-5-14(6-4-13)24-18-20-17-16(25-18)2-1-7-19-17/h1-7,15,22H,8-12H2. The van der Waals surface area contributed by atoms with Gasteiger partial charge in [-0.2, -0.15) is 4.98 Å². The number of nitrogens with zero attached hydrogens (tertiary/aromatic N) is 3. The normalized spacial score (nSPS) is 18.5. The zero-order chi connectivity index (χ0) is 17.1. The van der Waals surface area contributed by atoms with E-state index in [4.69, 9.17) is 9.47 Å². The highest BCUT2D eigenvalue weighted by Gasteiger charge is 2.19. The van der Waals surface area contributed by atoms with E-state index in [9.17, 15) is 5.11 Å². The van der Waals surface area contributed by atoms with Crippen LogP contribution >= 0.6 is 11.3 Å². The first-order valence-corrected chi connectivity index (χ1v) is 9.05. The molecule has 0 radical (unpaired) electrons. The minimum Gasteiger partial charge on any atom is -0.431 e. The minimum atomic E-state index is -0.0796. The van der Waals surface area contributed by atoms with Crippen molar-refractivity contribution in [1.82, 2.24) is 14.9 Å². The number of aliphatic hydroxyl groups is 1. The molecular weight excluding hydrogens is 338 g/mol. The zero-order valence-electron chi connectivity index (χ0n) is 13.7. The molecule has 6 nitrogen and oxygen atoms in total. The number of pyridine rings is 1. The Hall–Kier alpha value is -2.06. The lowest BCUT2D eigenvalue weighted by Gasteiger charge is -2.31. The Kier molecular flexibility index (Phi) is 4.89. The highest BCUT2D eigenvalue weighted by atomic mass is 32.1. The van der Waals surface area contributed by atoms with E-state index in [0.717, 1.165) is 30.1 Å². The lowest BCUT2D eigenvalue weighted by molar-refractivity contribution is -0.0551. The van der Waals surface area contributed by atoms with E-state index in [0.29, 0.717) is 17.4 Å². The van der Waals surface area contributed by atoms with Crippen LogP contribution in [0, 0.1) is 0 Å². The average Bonchev–Trinajstić information content (AvgIpc) is 3.06. The fourth-order valence-corrected chi connectivity index (χ4v) is 3.64. The molecule has 0 amide bonds. The number of fused-ring (bicyclic) bond motifs is 1. The summed E-state index contributed by atoms with van der Waals surface area (Å²) in [7, 11) is 0. The topological polar surface area (TPSA) is 67.7 Å². The van der Waals surface area contributed by atoms with Crippen molar-refractivity contribution >= 4 is 21.7 Å². The summed E-state index contributed by atoms with van der Waals surface area (Å²) >= 11 is 1.49. The molecule has 0 aliphatic carbocycles. The monoisotopic (exact) mass is 357 g/mol. The minimum absolute atomic E-state index is 0.0697. The van der Waals surface area contributed by atoms with Crippen molar-refractivity contribution < 1.29 is 14.6 Å². The van der Waals surface area contributed by atoms with Gasteiger partial charge in [-0.1, -0.05) is 23.5 Å². The average molecular weight is 357 g/mol. The first-order valence-electron chi connectivity index (χ1n) is 8.23. The molecule has 0 saturated carbocycles. The van der Waals surface area contributed by atoms with Crippen molar-refractivity contribution in [2.45, 2.75) is 12.6 Å². The van der Waals surface area contributed by atoms with E-state index in [2.05, 4.69) is 27.0 Å². The van der Waals surface area contributed by atoms with E-state index in [1.54, 1.807) is 6.20 Å². The highest BCUT2D eigenvalue weighted by Crippen LogP contribution is 2.30. The molecule has 3 aromatic rings. The largest absolute Gasteiger partial charge is 0.431 e. The van der Waals surface area contributed by atoms with Crippen LogP contribution in [-0.2, 0) is 11.3 Å². The first-order chi connectivity index (χ1) is 12.3. The Labute approximate surface area is 149 Å². The van der Waals surface area contributed by atoms with Crippen LogP contribution in [0.25, 0.3) is 10.3 Å². The van der Waals surface area contributed by atoms with Crippen LogP contribution in [0.15, 0.2) is 42.6 Å². The van der Waals surface area contributed by atoms with Gasteiger partial charge in [-0.05, 0) is 29.8 Å². The van der Waals surface area contributed by atoms with E-state index >= 15 is 0 Å². The molecule has 1 aliphatic rings. The molecule has 2 aromatic heterocycles. The SMILES string of the molecule is OCC1CN(Cc2ccc(Oc3nc4ncccc4s3)cc2)CCO1. The van der Waals surface area contributed by atoms with Crippen LogP contribution in [0.4, 0.5) is 0 Å². The summed E-state index contributed by atoms with van der Waals surface area (Å²) in [5.41, 5.74) is 1.92. The number of benzene rings is 1. The van der Waals surface area contributed by atoms with Crippen LogP contribution in [0.2, 0.25) is 0 Å². The van der Waals surface area contributed by atoms with Crippen LogP contribution in [0.3, 0.4) is 0 Å². The van der Waals surface area contributed by atoms with E-state index in [-0.39, 0.29) is 12.7 Å². The smallest absolute Gasteiger partial charge is 0.281 e. The molecule has 1 unspecified atom stereocenters. The third kappa shape index (κ3) is 3.96. The molecule has 4 rings (SSSR count). The van der Waals surface area contributed by atoms with Gasteiger partial charge in [0.05, 0.1) is 24.0 Å². The van der Waals surface area contributed by atoms with Crippen LogP contribution in [-0.4, -0.2) is 52.4 Å². The molecule has 25 heavy (non-hydrogen) atoms. The van der Waals surface area contributed by atoms with Gasteiger partial charge in [0.25, 0.3) is 5.19 Å². The fraction of sp³-hybridized carbons (Fsp3) is 0.333. The van der Waals surface area contributed by atoms with Crippen molar-refractivity contribution in [1.29, 1.82) is 0 Å². The Morgan fingerprint density at radius 3 is 2.96 bits per heavy atom. The molecule has 130 valence electrons. The number of rotatable bonds is 5. The fourth-order valence-electron chi connectivity index (χ4n) is 2.85. The molecule has 1 atom stereocenters. The van der Waals surface area contributed by atoms with Crippen LogP contribution < -0.4 is 4.74 Å². The summed E-state index contributed by atoms with van der Waals surface area (Å²) in [6, 6.07) is 11.9. The molecular formula is C18H19N3O3S. The summed E-state index contributed by atoms with van der Waals surface area (Å²) in [5, 5.41) is 9.82. The van der Waals surface area contributed by atoms with E-state index in [1.165, 1.54) is 16.9 Å². The number of hydrogen-bond donors (Lipinski definition) is 1. The molecule has 1 fully saturated rings. The Morgan fingerprint density at radius 2 is 2.16 bits per heavy atom. The summed E-state index contributed by atoms with van der Waals surface area (Å²) in [4.78, 5) is 10.9. The predicted molar refractivity (Wildman–Crippen MR) is 96.0 cm³/mol. The maximum atomic E-state index is 9.23. The molecule has 3 heterocycles. The quantitative estimate of drug-likeness (QED) is 0.757. The van der Waals surface area contributed by atoms with E-state index in [1.807, 2.05) is 24.3 Å². The Morgan fingerprint density at radius 1 is 1.28 bits per heavy atom. The predicted octanol–water partition coefficient (Wildman–Crippen LogP) is 2.68. The maximum absolute atomic E-state index is 9.23. The first kappa shape index (κ1) is 16.4. The second-order valence-corrected chi connectivity index (χ2v) is 6.95. The number of ether oxygens (including phenoxy) is 2. The summed E-state index contributed by atoms with van der Waals surface area (Å²) in [6.07, 6.45) is 1.65. The highest BCUT2D eigenvalue weighted by molar-refractivity contribution is 7.20. The lowest BCUT2D eigenvalue weighted by Crippen LogP contribution is -2.43. The van der Waals surface area contributed by atoms with Gasteiger partial charge in [0.15, 0.2) is 5.65 Å². The molecule has 7 heteroatoms. The second kappa shape index (κ2) is 7.45. The van der Waals surface area contributed by atoms with Gasteiger partial charge in [0.1, 0.15) is 5.75 Å². The zero-order valence-corrected chi connectivity index (χ0v) is 14.5. The van der Waals surface area contributed by atoms with Crippen molar-refractivity contribution in [2.24, 2.45) is 0 Å². The van der Waals surface area contributed by atoms with E-state index < -0.39 is 0 Å². The van der Waals surface area contributed by atoms with Gasteiger partial charge in [-0.25, -0.2) is 4.98 Å². The van der Waals surface area contributed by atoms with Crippen molar-refractivity contribution in [2.75, 3.05) is 26.3 Å². The van der Waals surface area contributed by atoms with Crippen molar-refractivity contribution in [3.8, 4) is 10.9 Å². The second-order valence-electron chi connectivity index (χ2n) is 5.96. The van der Waals surface area contributed by atoms with Gasteiger partial charge in [0.2, 0.25) is 0 Å². The number of hydrogen-bond acceptors (Lipinski definition) is 7. The Balaban J connectivity index is 1.39. The summed E-state index contributed by atoms with van der Waals surface area (Å²) in [5.74, 6) is 0.762. The van der Waals surface area contributed by atoms with Crippen molar-refractivity contribution in [3.05, 3.63) is 48.2 Å². The molecule has 1 aromatic carbocycles. The van der Waals surface area contributed by atoms with Gasteiger partial charge in [0, 0.05) is 25.8 Å². The lowest BCUT2D eigenvalue weighted by atomic mass is 10.2. The summed E-state index contributed by atoms with van der Waals surface area (Å²) < 4.78 is 12.3. The molecule has 1 aliphatic heterocycles. The summed E-state index contributed by atoms with van der Waals surface area (Å²) in [6.45, 7) is 3.21. The number of morpholine rings is 1. The van der Waals surface area contributed by atoms with Gasteiger partial charge in [-0.3, -0.25) is 4.90 Å². The third-order valence-electron chi connectivity index (χ3n) is 4.11. The number of thiazole rings is 1. The molecule has 0 spiro atoms. The maximum Gasteiger partial charge on any atom is 0.281 e. The molecule has 1 saturated heterocycles. The molecule has 1 N–H and O–H groups in total. The third-order valence-corrected chi connectivity index (χ3v) is 4.99. The van der Waals surface area contributed by atoms with Gasteiger partial charge >= 0.3 is 0 Å². The Bertz CT molecular complexity index is 804.